The Morgan fingerprint density at radius 1 is 1.62 bits per heavy atom. The van der Waals surface area contributed by atoms with Crippen molar-refractivity contribution in [2.24, 2.45) is 0 Å². The number of halogens is 1. The van der Waals surface area contributed by atoms with Gasteiger partial charge in [0.25, 0.3) is 5.69 Å². The minimum absolute atomic E-state index is 0.0311. The highest BCUT2D eigenvalue weighted by Crippen LogP contribution is 2.32. The molecule has 0 aliphatic carbocycles. The molecule has 0 aromatic carbocycles. The lowest BCUT2D eigenvalue weighted by Gasteiger charge is -1.86. The smallest absolute Gasteiger partial charge is 0.258 e. The predicted octanol–water partition coefficient (Wildman–Crippen LogP) is 1.66. The first-order valence-electron chi connectivity index (χ1n) is 2.96. The first-order chi connectivity index (χ1) is 5.82. The first-order valence-corrected chi connectivity index (χ1v) is 6.75. The van der Waals surface area contributed by atoms with E-state index >= 15 is 0 Å². The molecule has 8 heteroatoms. The van der Waals surface area contributed by atoms with Crippen molar-refractivity contribution in [2.75, 3.05) is 6.26 Å². The minimum atomic E-state index is -3.33. The molecular weight excluding hydrogens is 329 g/mol. The van der Waals surface area contributed by atoms with Gasteiger partial charge in [-0.15, -0.1) is 11.3 Å². The van der Waals surface area contributed by atoms with Crippen LogP contribution in [0, 0.1) is 13.0 Å². The Morgan fingerprint density at radius 2 is 2.15 bits per heavy atom. The third-order valence-corrected chi connectivity index (χ3v) is 5.14. The van der Waals surface area contributed by atoms with Crippen LogP contribution in [0.25, 0.3) is 0 Å². The summed E-state index contributed by atoms with van der Waals surface area (Å²) in [6.07, 6.45) is 1.03. The third-order valence-electron chi connectivity index (χ3n) is 1.21. The molecular formula is C5H4INO4S2. The normalized spacial score (nSPS) is 11.5. The quantitative estimate of drug-likeness (QED) is 0.469. The van der Waals surface area contributed by atoms with Crippen LogP contribution in [-0.2, 0) is 9.84 Å². The molecule has 5 nitrogen and oxygen atoms in total. The molecule has 1 aromatic rings. The van der Waals surface area contributed by atoms with Crippen molar-refractivity contribution in [2.45, 2.75) is 4.21 Å². The van der Waals surface area contributed by atoms with Gasteiger partial charge >= 0.3 is 0 Å². The zero-order chi connectivity index (χ0) is 10.2. The Labute approximate surface area is 92.0 Å². The van der Waals surface area contributed by atoms with Crippen molar-refractivity contribution in [3.05, 3.63) is 19.1 Å². The maximum atomic E-state index is 11.0. The summed E-state index contributed by atoms with van der Waals surface area (Å²) < 4.78 is 22.4. The van der Waals surface area contributed by atoms with Gasteiger partial charge in [0.2, 0.25) is 0 Å². The lowest BCUT2D eigenvalue weighted by molar-refractivity contribution is -0.385. The molecule has 0 unspecified atom stereocenters. The van der Waals surface area contributed by atoms with Gasteiger partial charge in [0.1, 0.15) is 7.09 Å². The van der Waals surface area contributed by atoms with Gasteiger partial charge in [-0.3, -0.25) is 10.1 Å². The van der Waals surface area contributed by atoms with Crippen LogP contribution < -0.4 is 0 Å². The lowest BCUT2D eigenvalue weighted by Crippen LogP contribution is -1.92. The van der Waals surface area contributed by atoms with E-state index in [-0.39, 0.29) is 9.90 Å². The van der Waals surface area contributed by atoms with E-state index in [4.69, 9.17) is 0 Å². The minimum Gasteiger partial charge on any atom is -0.258 e. The van der Waals surface area contributed by atoms with E-state index in [1.54, 1.807) is 22.6 Å². The number of nitrogens with zero attached hydrogens (tertiary/aromatic N) is 1. The van der Waals surface area contributed by atoms with E-state index in [1.807, 2.05) is 0 Å². The molecule has 0 bridgehead atoms. The fourth-order valence-electron chi connectivity index (χ4n) is 0.646. The molecule has 1 aromatic heterocycles. The second kappa shape index (κ2) is 3.50. The second-order valence-electron chi connectivity index (χ2n) is 2.25. The molecule has 0 saturated carbocycles. The molecule has 0 aliphatic rings. The maximum Gasteiger partial charge on any atom is 0.294 e. The first kappa shape index (κ1) is 10.9. The SMILES string of the molecule is CS(=O)(=O)c1cc([N+](=O)[O-])c(I)s1. The highest BCUT2D eigenvalue weighted by Gasteiger charge is 2.21. The topological polar surface area (TPSA) is 77.3 Å². The highest BCUT2D eigenvalue weighted by atomic mass is 127. The molecule has 0 amide bonds. The lowest BCUT2D eigenvalue weighted by atomic mass is 10.6. The maximum absolute atomic E-state index is 11.0. The standard InChI is InChI=1S/C5H4INO4S2/c1-13(10,11)4-2-3(7(8)9)5(6)12-4/h2H,1H3. The second-order valence-corrected chi connectivity index (χ2v) is 7.36. The Bertz CT molecular complexity index is 449. The Morgan fingerprint density at radius 3 is 2.38 bits per heavy atom. The zero-order valence-corrected chi connectivity index (χ0v) is 10.1. The third kappa shape index (κ3) is 2.38. The number of nitro groups is 1. The summed E-state index contributed by atoms with van der Waals surface area (Å²) in [4.78, 5) is 9.78. The van der Waals surface area contributed by atoms with Gasteiger partial charge in [-0.25, -0.2) is 8.42 Å². The van der Waals surface area contributed by atoms with E-state index in [0.717, 1.165) is 23.7 Å². The number of hydrogen-bond acceptors (Lipinski definition) is 5. The molecule has 0 radical (unpaired) electrons. The Hall–Kier alpha value is -0.220. The zero-order valence-electron chi connectivity index (χ0n) is 6.35. The molecule has 0 spiro atoms. The van der Waals surface area contributed by atoms with Crippen LogP contribution in [0.2, 0.25) is 0 Å². The van der Waals surface area contributed by atoms with Crippen LogP contribution in [0.5, 0.6) is 0 Å². The van der Waals surface area contributed by atoms with Gasteiger partial charge in [0, 0.05) is 12.3 Å². The van der Waals surface area contributed by atoms with Gasteiger partial charge in [-0.05, 0) is 22.6 Å². The van der Waals surface area contributed by atoms with E-state index in [9.17, 15) is 18.5 Å². The predicted molar refractivity (Wildman–Crippen MR) is 56.8 cm³/mol. The molecule has 72 valence electrons. The van der Waals surface area contributed by atoms with E-state index < -0.39 is 14.8 Å². The van der Waals surface area contributed by atoms with E-state index in [1.165, 1.54) is 0 Å². The summed E-state index contributed by atoms with van der Waals surface area (Å²) in [7, 11) is -3.33. The van der Waals surface area contributed by atoms with Gasteiger partial charge in [-0.2, -0.15) is 0 Å². The van der Waals surface area contributed by atoms with Crippen molar-refractivity contribution in [1.82, 2.24) is 0 Å². The fourth-order valence-corrected chi connectivity index (χ4v) is 3.92. The van der Waals surface area contributed by atoms with Crippen LogP contribution in [0.3, 0.4) is 0 Å². The number of thiophene rings is 1. The van der Waals surface area contributed by atoms with Crippen molar-refractivity contribution in [3.8, 4) is 0 Å². The van der Waals surface area contributed by atoms with Crippen LogP contribution in [0.4, 0.5) is 5.69 Å². The fraction of sp³-hybridized carbons (Fsp3) is 0.200. The largest absolute Gasteiger partial charge is 0.294 e. The number of sulfone groups is 1. The monoisotopic (exact) mass is 333 g/mol. The van der Waals surface area contributed by atoms with Crippen LogP contribution in [0.1, 0.15) is 0 Å². The van der Waals surface area contributed by atoms with Gasteiger partial charge in [-0.1, -0.05) is 0 Å². The number of hydrogen-bond donors (Lipinski definition) is 0. The molecule has 0 saturated heterocycles. The van der Waals surface area contributed by atoms with Crippen molar-refractivity contribution < 1.29 is 13.3 Å². The Balaban J connectivity index is 3.33. The van der Waals surface area contributed by atoms with Crippen molar-refractivity contribution >= 4 is 49.5 Å². The molecule has 0 atom stereocenters. The molecule has 1 rings (SSSR count). The van der Waals surface area contributed by atoms with Crippen LogP contribution in [0.15, 0.2) is 10.3 Å². The Kier molecular flexibility index (Phi) is 2.92. The molecule has 0 aliphatic heterocycles. The summed E-state index contributed by atoms with van der Waals surface area (Å²) in [5.41, 5.74) is -0.147. The molecule has 1 heterocycles. The summed E-state index contributed by atoms with van der Waals surface area (Å²) in [5, 5.41) is 10.4. The van der Waals surface area contributed by atoms with Crippen molar-refractivity contribution in [3.63, 3.8) is 0 Å². The van der Waals surface area contributed by atoms with Crippen LogP contribution in [-0.4, -0.2) is 19.6 Å². The summed E-state index contributed by atoms with van der Waals surface area (Å²) in [6, 6.07) is 1.09. The average Bonchev–Trinajstić information content (AvgIpc) is 2.29. The summed E-state index contributed by atoms with van der Waals surface area (Å²) >= 11 is 2.66. The number of rotatable bonds is 2. The van der Waals surface area contributed by atoms with Crippen molar-refractivity contribution in [1.29, 1.82) is 0 Å². The summed E-state index contributed by atoms with van der Waals surface area (Å²) in [5.74, 6) is 0. The van der Waals surface area contributed by atoms with Gasteiger partial charge in [0.05, 0.1) is 4.92 Å². The average molecular weight is 333 g/mol. The van der Waals surface area contributed by atoms with E-state index in [2.05, 4.69) is 0 Å². The highest BCUT2D eigenvalue weighted by molar-refractivity contribution is 14.1. The molecule has 0 fully saturated rings. The van der Waals surface area contributed by atoms with E-state index in [0.29, 0.717) is 2.88 Å². The molecule has 0 N–H and O–H groups in total. The van der Waals surface area contributed by atoms with Gasteiger partial charge in [0.15, 0.2) is 9.84 Å². The molecule has 13 heavy (non-hydrogen) atoms. The van der Waals surface area contributed by atoms with Gasteiger partial charge < -0.3 is 0 Å². The summed E-state index contributed by atoms with van der Waals surface area (Å²) in [6.45, 7) is 0. The van der Waals surface area contributed by atoms with Crippen LogP contribution >= 0.6 is 33.9 Å².